The van der Waals surface area contributed by atoms with Crippen molar-refractivity contribution in [1.82, 2.24) is 0 Å². The molecular formula is C58H109IO7Si. The third kappa shape index (κ3) is 11.6. The zero-order valence-electron chi connectivity index (χ0n) is 42.1. The number of aliphatic hydroxyl groups excluding tert-OH is 2. The summed E-state index contributed by atoms with van der Waals surface area (Å²) in [5.74, 6) is 8.45. The van der Waals surface area contributed by atoms with Gasteiger partial charge in [-0.25, -0.2) is 0 Å². The lowest BCUT2D eigenvalue weighted by Crippen LogP contribution is -2.60. The van der Waals surface area contributed by atoms with Crippen LogP contribution in [0.2, 0.25) is 19.6 Å². The Labute approximate surface area is 429 Å². The van der Waals surface area contributed by atoms with Crippen LogP contribution in [-0.2, 0) is 23.5 Å². The number of carbonyl (C=O) groups excluding carboxylic acids is 2. The van der Waals surface area contributed by atoms with Crippen LogP contribution in [0.5, 0.6) is 0 Å². The molecule has 0 spiro atoms. The van der Waals surface area contributed by atoms with E-state index in [-0.39, 0.29) is 63.2 Å². The van der Waals surface area contributed by atoms with Crippen LogP contribution in [0.4, 0.5) is 0 Å². The van der Waals surface area contributed by atoms with E-state index in [1.165, 1.54) is 91.3 Å². The van der Waals surface area contributed by atoms with Crippen LogP contribution in [0.25, 0.3) is 0 Å². The molecule has 0 aliphatic heterocycles. The van der Waals surface area contributed by atoms with Crippen LogP contribution >= 0.6 is 22.6 Å². The molecule has 0 aromatic heterocycles. The molecule has 0 bridgehead atoms. The van der Waals surface area contributed by atoms with Crippen LogP contribution in [-0.4, -0.2) is 66.9 Å². The lowest BCUT2D eigenvalue weighted by atomic mass is 9.43. The number of carbonyl (C=O) groups is 2. The monoisotopic (exact) mass is 1070 g/mol. The van der Waals surface area contributed by atoms with E-state index in [0.717, 1.165) is 68.1 Å². The fourth-order valence-corrected chi connectivity index (χ4v) is 20.7. The molecule has 2 N–H and O–H groups in total. The van der Waals surface area contributed by atoms with E-state index in [4.69, 9.17) is 13.9 Å². The average molecular weight is 1070 g/mol. The van der Waals surface area contributed by atoms with Crippen molar-refractivity contribution in [3.63, 3.8) is 0 Å². The molecule has 0 amide bonds. The van der Waals surface area contributed by atoms with Gasteiger partial charge in [0.25, 0.3) is 0 Å². The Balaban J connectivity index is 0.000000339. The summed E-state index contributed by atoms with van der Waals surface area (Å²) < 4.78 is 17.0. The summed E-state index contributed by atoms with van der Waals surface area (Å²) in [6, 6.07) is 0. The van der Waals surface area contributed by atoms with Gasteiger partial charge in [0.15, 0.2) is 8.32 Å². The van der Waals surface area contributed by atoms with Gasteiger partial charge in [0, 0.05) is 12.5 Å². The third-order valence-corrected chi connectivity index (χ3v) is 23.7. The molecule has 0 saturated heterocycles. The molecule has 21 atom stereocenters. The van der Waals surface area contributed by atoms with Gasteiger partial charge in [0.2, 0.25) is 0 Å². The summed E-state index contributed by atoms with van der Waals surface area (Å²) in [6.07, 6.45) is 22.2. The molecule has 8 aliphatic carbocycles. The Hall–Kier alpha value is -0.233. The van der Waals surface area contributed by atoms with Crippen molar-refractivity contribution >= 4 is 42.8 Å². The van der Waals surface area contributed by atoms with Crippen molar-refractivity contribution < 1.29 is 33.7 Å². The molecule has 8 aliphatic rings. The predicted molar refractivity (Wildman–Crippen MR) is 292 cm³/mol. The van der Waals surface area contributed by atoms with E-state index in [1.54, 1.807) is 0 Å². The number of hydrogen-bond donors (Lipinski definition) is 2. The van der Waals surface area contributed by atoms with Gasteiger partial charge >= 0.3 is 11.9 Å². The lowest BCUT2D eigenvalue weighted by molar-refractivity contribution is -0.174. The number of fused-ring (bicyclic) bond motifs is 10. The van der Waals surface area contributed by atoms with Crippen molar-refractivity contribution in [1.29, 1.82) is 0 Å². The van der Waals surface area contributed by atoms with Gasteiger partial charge in [0.1, 0.15) is 3.92 Å². The zero-order valence-corrected chi connectivity index (χ0v) is 45.2. The number of ether oxygens (including phenoxy) is 2. The minimum atomic E-state index is -1.62. The van der Waals surface area contributed by atoms with Crippen LogP contribution < -0.4 is 0 Å². The number of alkyl halides is 1. The Kier molecular flexibility index (Phi) is 21.3. The molecule has 0 heterocycles. The van der Waals surface area contributed by atoms with Gasteiger partial charge in [-0.3, -0.25) is 9.59 Å². The van der Waals surface area contributed by atoms with Gasteiger partial charge in [-0.05, 0) is 227 Å². The molecule has 0 aromatic carbocycles. The fraction of sp³-hybridized carbons (Fsp3) is 0.966. The summed E-state index contributed by atoms with van der Waals surface area (Å²) in [6.45, 7) is 24.7. The van der Waals surface area contributed by atoms with Crippen molar-refractivity contribution in [3.8, 4) is 0 Å². The number of hydrogen-bond acceptors (Lipinski definition) is 7. The topological polar surface area (TPSA) is 102 Å². The number of halogens is 1. The summed E-state index contributed by atoms with van der Waals surface area (Å²) in [5, 5.41) is 21.5. The number of methoxy groups -OCH3 is 2. The summed E-state index contributed by atoms with van der Waals surface area (Å²) in [5.41, 5.74) is 1.48. The zero-order chi connectivity index (χ0) is 46.0. The molecule has 8 saturated carbocycles. The van der Waals surface area contributed by atoms with E-state index in [1.807, 2.05) is 0 Å². The SMILES string of the molecule is C.C.C.C.COC(=O)C(I)C[C@@H](C)[C@H]1CC[C@H]2[C@@H]3[C@H](O[Si](C)(C)C)C[C@@H]4C[C@H](C)CC[C@]4(C)[C@H]3CC[C@]12C.COC(=O)CC[C@@H](C)[C@H]1CC[C@H]2[C@@H]3[C@H](O)C[C@@H]4C[C@H](O)CC[C@]4(C)[C@H]3CC[C@]12C. The average Bonchev–Trinajstić information content (AvgIpc) is 3.77. The molecule has 394 valence electrons. The van der Waals surface area contributed by atoms with Crippen LogP contribution in [0, 0.1) is 98.6 Å². The van der Waals surface area contributed by atoms with E-state index in [0.29, 0.717) is 76.1 Å². The molecular weight excluding hydrogens is 964 g/mol. The highest BCUT2D eigenvalue weighted by Gasteiger charge is 2.65. The van der Waals surface area contributed by atoms with Gasteiger partial charge < -0.3 is 24.1 Å². The standard InChI is InChI=1S/C29H51IO3Si.C25H42O4.4CH4/c1-18-11-13-28(3)20(15-18)17-25(33-34(6,7)8)26-22-10-9-21(29(22,4)14-12-23(26)28)19(2)16-24(30)27(31)32-5;1-15(5-8-22(28)29-4)18-6-7-19-23-20(10-12-25(18,19)3)24(2)11-9-17(26)13-16(24)14-21(23)27;;;;/h18-26H,9-17H2,1-8H3;15-21,23,26-27H,5-14H2,1-4H3;4*1H4/t18-,19-,20+,21-,22+,23+,24?,25-,26+,28+,29-;15-,16+,17-,18-,19+,20+,21-,23+,24+,25-;;;;/m11..../s1. The maximum Gasteiger partial charge on any atom is 0.318 e. The minimum Gasteiger partial charge on any atom is -0.469 e. The van der Waals surface area contributed by atoms with E-state index < -0.39 is 8.32 Å². The quantitative estimate of drug-likeness (QED) is 0.0972. The van der Waals surface area contributed by atoms with Crippen LogP contribution in [0.15, 0.2) is 0 Å². The van der Waals surface area contributed by atoms with Crippen molar-refractivity contribution in [2.45, 2.75) is 242 Å². The molecule has 1 unspecified atom stereocenters. The fourth-order valence-electron chi connectivity index (χ4n) is 18.5. The second-order valence-corrected chi connectivity index (χ2v) is 31.8. The van der Waals surface area contributed by atoms with Crippen LogP contribution in [0.3, 0.4) is 0 Å². The maximum atomic E-state index is 12.1. The smallest absolute Gasteiger partial charge is 0.318 e. The number of aliphatic hydroxyl groups is 2. The highest BCUT2D eigenvalue weighted by atomic mass is 127. The van der Waals surface area contributed by atoms with E-state index in [9.17, 15) is 19.8 Å². The number of esters is 2. The summed E-state index contributed by atoms with van der Waals surface area (Å²) >= 11 is 2.30. The molecule has 0 radical (unpaired) electrons. The molecule has 9 heteroatoms. The first-order valence-corrected chi connectivity index (χ1v) is 31.0. The second-order valence-electron chi connectivity index (χ2n) is 25.9. The van der Waals surface area contributed by atoms with E-state index >= 15 is 0 Å². The van der Waals surface area contributed by atoms with Crippen molar-refractivity contribution in [2.24, 2.45) is 98.6 Å². The summed E-state index contributed by atoms with van der Waals surface area (Å²) in [7, 11) is 1.38. The molecule has 67 heavy (non-hydrogen) atoms. The Morgan fingerprint density at radius 2 is 1.13 bits per heavy atom. The Morgan fingerprint density at radius 3 is 1.69 bits per heavy atom. The highest BCUT2D eigenvalue weighted by molar-refractivity contribution is 14.1. The Bertz CT molecular complexity index is 1600. The highest BCUT2D eigenvalue weighted by Crippen LogP contribution is 2.71. The van der Waals surface area contributed by atoms with Crippen LogP contribution in [0.1, 0.15) is 200 Å². The lowest BCUT2D eigenvalue weighted by Gasteiger charge is -2.63. The Morgan fingerprint density at radius 1 is 0.642 bits per heavy atom. The summed E-state index contributed by atoms with van der Waals surface area (Å²) in [4.78, 5) is 23.8. The minimum absolute atomic E-state index is 0. The van der Waals surface area contributed by atoms with Gasteiger partial charge in [-0.2, -0.15) is 0 Å². The molecule has 8 rings (SSSR count). The van der Waals surface area contributed by atoms with Crippen molar-refractivity contribution in [3.05, 3.63) is 0 Å². The largest absolute Gasteiger partial charge is 0.469 e. The molecule has 0 aromatic rings. The first-order chi connectivity index (χ1) is 29.5. The molecule has 8 fully saturated rings. The number of rotatable bonds is 10. The van der Waals surface area contributed by atoms with Gasteiger partial charge in [-0.15, -0.1) is 0 Å². The second kappa shape index (κ2) is 23.3. The maximum absolute atomic E-state index is 12.1. The first kappa shape index (κ1) is 61.1. The van der Waals surface area contributed by atoms with Gasteiger partial charge in [-0.1, -0.05) is 107 Å². The van der Waals surface area contributed by atoms with E-state index in [2.05, 4.69) is 90.7 Å². The third-order valence-electron chi connectivity index (χ3n) is 21.7. The van der Waals surface area contributed by atoms with Crippen molar-refractivity contribution in [2.75, 3.05) is 14.2 Å². The predicted octanol–water partition coefficient (Wildman–Crippen LogP) is 15.2. The first-order valence-electron chi connectivity index (χ1n) is 26.3. The normalized spacial score (nSPS) is 45.1. The molecule has 7 nitrogen and oxygen atoms in total. The van der Waals surface area contributed by atoms with Gasteiger partial charge in [0.05, 0.1) is 26.4 Å².